The van der Waals surface area contributed by atoms with E-state index in [-0.39, 0.29) is 0 Å². The molecule has 0 aliphatic heterocycles. The second kappa shape index (κ2) is 8.25. The zero-order chi connectivity index (χ0) is 15.1. The molecule has 1 unspecified atom stereocenters. The lowest BCUT2D eigenvalue weighted by atomic mass is 10.1. The van der Waals surface area contributed by atoms with E-state index in [1.165, 1.54) is 18.4 Å². The minimum absolute atomic E-state index is 0.435. The highest BCUT2D eigenvalue weighted by Crippen LogP contribution is 2.23. The third kappa shape index (κ3) is 4.48. The van der Waals surface area contributed by atoms with Crippen molar-refractivity contribution >= 4 is 5.82 Å². The summed E-state index contributed by atoms with van der Waals surface area (Å²) in [5.41, 5.74) is 8.18. The van der Waals surface area contributed by atoms with Gasteiger partial charge in [-0.3, -0.25) is 0 Å². The normalized spacial score (nSPS) is 12.8. The minimum atomic E-state index is 0.435. The molecule has 20 heavy (non-hydrogen) atoms. The molecule has 1 aromatic heterocycles. The number of pyridine rings is 1. The van der Waals surface area contributed by atoms with Crippen LogP contribution < -0.4 is 10.6 Å². The molecule has 3 heteroatoms. The first-order valence-electron chi connectivity index (χ1n) is 8.00. The van der Waals surface area contributed by atoms with E-state index in [0.717, 1.165) is 24.5 Å². The first-order chi connectivity index (χ1) is 9.53. The second-order valence-corrected chi connectivity index (χ2v) is 5.92. The highest BCUT2D eigenvalue weighted by atomic mass is 15.2. The fourth-order valence-electron chi connectivity index (χ4n) is 2.26. The Morgan fingerprint density at radius 3 is 2.40 bits per heavy atom. The zero-order valence-corrected chi connectivity index (χ0v) is 13.8. The quantitative estimate of drug-likeness (QED) is 0.779. The van der Waals surface area contributed by atoms with E-state index in [2.05, 4.69) is 51.7 Å². The van der Waals surface area contributed by atoms with E-state index < -0.39 is 0 Å². The van der Waals surface area contributed by atoms with Crippen LogP contribution in [0.4, 0.5) is 5.82 Å². The fraction of sp³-hybridized carbons (Fsp3) is 0.706. The number of rotatable bonds is 8. The lowest BCUT2D eigenvalue weighted by Gasteiger charge is -2.30. The van der Waals surface area contributed by atoms with Gasteiger partial charge in [0, 0.05) is 24.8 Å². The molecule has 1 rings (SSSR count). The van der Waals surface area contributed by atoms with Crippen molar-refractivity contribution in [2.75, 3.05) is 11.4 Å². The number of unbranched alkanes of at least 4 members (excludes halogenated alkanes) is 1. The van der Waals surface area contributed by atoms with Crippen molar-refractivity contribution in [2.24, 2.45) is 5.73 Å². The monoisotopic (exact) mass is 277 g/mol. The Labute approximate surface area is 124 Å². The van der Waals surface area contributed by atoms with Gasteiger partial charge in [-0.05, 0) is 43.4 Å². The molecular weight excluding hydrogens is 246 g/mol. The fourth-order valence-corrected chi connectivity index (χ4v) is 2.26. The molecule has 0 bridgehead atoms. The summed E-state index contributed by atoms with van der Waals surface area (Å²) in [4.78, 5) is 7.31. The van der Waals surface area contributed by atoms with Crippen LogP contribution in [0.5, 0.6) is 0 Å². The molecule has 3 nitrogen and oxygen atoms in total. The molecule has 0 saturated carbocycles. The van der Waals surface area contributed by atoms with Crippen molar-refractivity contribution in [1.29, 1.82) is 0 Å². The van der Waals surface area contributed by atoms with Gasteiger partial charge >= 0.3 is 0 Å². The highest BCUT2D eigenvalue weighted by Gasteiger charge is 2.16. The van der Waals surface area contributed by atoms with Crippen LogP contribution in [-0.2, 0) is 6.54 Å². The molecule has 0 aliphatic rings. The first kappa shape index (κ1) is 17.0. The van der Waals surface area contributed by atoms with E-state index in [1.54, 1.807) is 0 Å². The second-order valence-electron chi connectivity index (χ2n) is 5.92. The number of nitrogens with zero attached hydrogens (tertiary/aromatic N) is 2. The summed E-state index contributed by atoms with van der Waals surface area (Å²) in [6.07, 6.45) is 3.55. The molecule has 2 N–H and O–H groups in total. The Bertz CT molecular complexity index is 401. The van der Waals surface area contributed by atoms with Crippen LogP contribution in [-0.4, -0.2) is 17.6 Å². The molecule has 0 amide bonds. The predicted octanol–water partition coefficient (Wildman–Crippen LogP) is 4.07. The molecule has 0 spiro atoms. The van der Waals surface area contributed by atoms with Gasteiger partial charge in [0.25, 0.3) is 0 Å². The van der Waals surface area contributed by atoms with Crippen molar-refractivity contribution in [3.63, 3.8) is 0 Å². The van der Waals surface area contributed by atoms with Gasteiger partial charge in [0.1, 0.15) is 5.82 Å². The Morgan fingerprint density at radius 1 is 1.20 bits per heavy atom. The molecule has 1 atom stereocenters. The topological polar surface area (TPSA) is 42.1 Å². The van der Waals surface area contributed by atoms with E-state index in [1.807, 2.05) is 0 Å². The highest BCUT2D eigenvalue weighted by molar-refractivity contribution is 5.44. The summed E-state index contributed by atoms with van der Waals surface area (Å²) in [5, 5.41) is 0. The Balaban J connectivity index is 3.13. The first-order valence-corrected chi connectivity index (χ1v) is 8.00. The van der Waals surface area contributed by atoms with Crippen molar-refractivity contribution in [3.05, 3.63) is 23.4 Å². The number of nitrogens with two attached hydrogens (primary N) is 1. The van der Waals surface area contributed by atoms with Crippen LogP contribution in [0.3, 0.4) is 0 Å². The molecule has 0 saturated heterocycles. The van der Waals surface area contributed by atoms with E-state index >= 15 is 0 Å². The Kier molecular flexibility index (Phi) is 7.00. The maximum atomic E-state index is 5.85. The lowest BCUT2D eigenvalue weighted by Crippen LogP contribution is -2.34. The predicted molar refractivity (Wildman–Crippen MR) is 88.2 cm³/mol. The maximum Gasteiger partial charge on any atom is 0.129 e. The van der Waals surface area contributed by atoms with Crippen molar-refractivity contribution < 1.29 is 0 Å². The molecular formula is C17H31N3. The third-order valence-electron chi connectivity index (χ3n) is 3.89. The van der Waals surface area contributed by atoms with Crippen molar-refractivity contribution in [2.45, 2.75) is 72.4 Å². The van der Waals surface area contributed by atoms with Gasteiger partial charge in [0.05, 0.1) is 0 Å². The number of hydrogen-bond acceptors (Lipinski definition) is 3. The largest absolute Gasteiger partial charge is 0.354 e. The molecule has 1 aromatic rings. The van der Waals surface area contributed by atoms with Crippen molar-refractivity contribution in [3.8, 4) is 0 Å². The van der Waals surface area contributed by atoms with Gasteiger partial charge in [-0.2, -0.15) is 0 Å². The van der Waals surface area contributed by atoms with Gasteiger partial charge in [-0.15, -0.1) is 0 Å². The summed E-state index contributed by atoms with van der Waals surface area (Å²) in [6, 6.07) is 4.82. The van der Waals surface area contributed by atoms with Gasteiger partial charge < -0.3 is 10.6 Å². The summed E-state index contributed by atoms with van der Waals surface area (Å²) in [5.74, 6) is 1.53. The van der Waals surface area contributed by atoms with Gasteiger partial charge in [-0.25, -0.2) is 4.98 Å². The molecule has 1 heterocycles. The maximum absolute atomic E-state index is 5.85. The molecule has 0 radical (unpaired) electrons. The van der Waals surface area contributed by atoms with E-state index in [0.29, 0.717) is 18.5 Å². The van der Waals surface area contributed by atoms with Crippen LogP contribution in [0.2, 0.25) is 0 Å². The average molecular weight is 277 g/mol. The molecule has 0 aliphatic carbocycles. The molecule has 0 fully saturated rings. The minimum Gasteiger partial charge on any atom is -0.354 e. The molecule has 114 valence electrons. The zero-order valence-electron chi connectivity index (χ0n) is 13.8. The van der Waals surface area contributed by atoms with Crippen LogP contribution in [0, 0.1) is 0 Å². The van der Waals surface area contributed by atoms with E-state index in [9.17, 15) is 0 Å². The standard InChI is InChI=1S/C17H31N3/c1-6-8-9-20(14(5)7-2)17-11-15(12-18)10-16(19-17)13(3)4/h10-11,13-14H,6-9,12,18H2,1-5H3. The Morgan fingerprint density at radius 2 is 1.90 bits per heavy atom. The number of hydrogen-bond donors (Lipinski definition) is 1. The van der Waals surface area contributed by atoms with Gasteiger partial charge in [-0.1, -0.05) is 34.1 Å². The van der Waals surface area contributed by atoms with Crippen LogP contribution in [0.15, 0.2) is 12.1 Å². The van der Waals surface area contributed by atoms with Gasteiger partial charge in [0.15, 0.2) is 0 Å². The molecule has 0 aromatic carbocycles. The third-order valence-corrected chi connectivity index (χ3v) is 3.89. The Hall–Kier alpha value is -1.09. The number of aromatic nitrogens is 1. The average Bonchev–Trinajstić information content (AvgIpc) is 2.46. The van der Waals surface area contributed by atoms with Crippen LogP contribution in [0.25, 0.3) is 0 Å². The van der Waals surface area contributed by atoms with Gasteiger partial charge in [0.2, 0.25) is 0 Å². The van der Waals surface area contributed by atoms with Crippen molar-refractivity contribution in [1.82, 2.24) is 4.98 Å². The lowest BCUT2D eigenvalue weighted by molar-refractivity contribution is 0.587. The van der Waals surface area contributed by atoms with E-state index in [4.69, 9.17) is 10.7 Å². The summed E-state index contributed by atoms with van der Waals surface area (Å²) in [6.45, 7) is 12.8. The smallest absolute Gasteiger partial charge is 0.129 e. The summed E-state index contributed by atoms with van der Waals surface area (Å²) in [7, 11) is 0. The summed E-state index contributed by atoms with van der Waals surface area (Å²) >= 11 is 0. The van der Waals surface area contributed by atoms with Crippen LogP contribution >= 0.6 is 0 Å². The summed E-state index contributed by atoms with van der Waals surface area (Å²) < 4.78 is 0. The van der Waals surface area contributed by atoms with Crippen LogP contribution in [0.1, 0.15) is 71.1 Å². The number of anilines is 1. The SMILES string of the molecule is CCCCN(c1cc(CN)cc(C(C)C)n1)C(C)CC.